The van der Waals surface area contributed by atoms with Gasteiger partial charge in [0, 0.05) is 31.7 Å². The number of aliphatic imine (C=N–C) groups is 1. The van der Waals surface area contributed by atoms with Crippen LogP contribution in [0.15, 0.2) is 23.2 Å². The monoisotopic (exact) mass is 404 g/mol. The third-order valence-corrected chi connectivity index (χ3v) is 5.38. The summed E-state index contributed by atoms with van der Waals surface area (Å²) in [5.74, 6) is 1.78. The maximum Gasteiger partial charge on any atom is 0.191 e. The number of aliphatic hydroxyl groups excluding tert-OH is 1. The second kappa shape index (κ2) is 12.7. The SMILES string of the molecule is CCNC(=NCc1ccc(C)cc1OC(C)CC)NCCCN1CCC(O)CC1. The normalized spacial score (nSPS) is 17.2. The second-order valence-electron chi connectivity index (χ2n) is 8.00. The number of nitrogens with zero attached hydrogens (tertiary/aromatic N) is 2. The minimum Gasteiger partial charge on any atom is -0.490 e. The van der Waals surface area contributed by atoms with E-state index in [4.69, 9.17) is 9.73 Å². The van der Waals surface area contributed by atoms with E-state index in [1.54, 1.807) is 0 Å². The Labute approximate surface area is 176 Å². The van der Waals surface area contributed by atoms with Crippen molar-refractivity contribution < 1.29 is 9.84 Å². The number of hydrogen-bond donors (Lipinski definition) is 3. The van der Waals surface area contributed by atoms with Gasteiger partial charge in [-0.25, -0.2) is 4.99 Å². The van der Waals surface area contributed by atoms with E-state index in [0.29, 0.717) is 6.54 Å². The Morgan fingerprint density at radius 2 is 2.03 bits per heavy atom. The Hall–Kier alpha value is -1.79. The molecule has 6 nitrogen and oxygen atoms in total. The smallest absolute Gasteiger partial charge is 0.191 e. The van der Waals surface area contributed by atoms with E-state index >= 15 is 0 Å². The van der Waals surface area contributed by atoms with Crippen LogP contribution in [0.2, 0.25) is 0 Å². The quantitative estimate of drug-likeness (QED) is 0.318. The molecule has 2 rings (SSSR count). The van der Waals surface area contributed by atoms with Gasteiger partial charge < -0.3 is 25.4 Å². The van der Waals surface area contributed by atoms with Crippen molar-refractivity contribution in [3.63, 3.8) is 0 Å². The van der Waals surface area contributed by atoms with Gasteiger partial charge in [-0.1, -0.05) is 19.1 Å². The van der Waals surface area contributed by atoms with Crippen LogP contribution in [0.4, 0.5) is 0 Å². The lowest BCUT2D eigenvalue weighted by Crippen LogP contribution is -2.40. The number of nitrogens with one attached hydrogen (secondary N) is 2. The van der Waals surface area contributed by atoms with Crippen LogP contribution in [-0.4, -0.2) is 60.9 Å². The second-order valence-corrected chi connectivity index (χ2v) is 8.00. The molecular weight excluding hydrogens is 364 g/mol. The molecule has 1 aliphatic rings. The van der Waals surface area contributed by atoms with Crippen LogP contribution in [0.5, 0.6) is 5.75 Å². The lowest BCUT2D eigenvalue weighted by Gasteiger charge is -2.29. The number of piperidine rings is 1. The zero-order valence-corrected chi connectivity index (χ0v) is 18.7. The molecule has 3 N–H and O–H groups in total. The summed E-state index contributed by atoms with van der Waals surface area (Å²) >= 11 is 0. The third-order valence-electron chi connectivity index (χ3n) is 5.38. The van der Waals surface area contributed by atoms with Crippen molar-refractivity contribution in [3.8, 4) is 5.75 Å². The molecule has 0 spiro atoms. The molecular formula is C23H40N4O2. The summed E-state index contributed by atoms with van der Waals surface area (Å²) < 4.78 is 6.11. The molecule has 0 aromatic heterocycles. The molecule has 1 atom stereocenters. The van der Waals surface area contributed by atoms with E-state index in [1.165, 1.54) is 5.56 Å². The number of aryl methyl sites for hydroxylation is 1. The minimum atomic E-state index is -0.104. The molecule has 0 amide bonds. The maximum atomic E-state index is 9.61. The first-order valence-electron chi connectivity index (χ1n) is 11.2. The van der Waals surface area contributed by atoms with Gasteiger partial charge in [0.2, 0.25) is 0 Å². The Bertz CT molecular complexity index is 627. The fraction of sp³-hybridized carbons (Fsp3) is 0.696. The Morgan fingerprint density at radius 1 is 1.28 bits per heavy atom. The molecule has 1 aromatic carbocycles. The van der Waals surface area contributed by atoms with Crippen LogP contribution in [0.3, 0.4) is 0 Å². The minimum absolute atomic E-state index is 0.104. The van der Waals surface area contributed by atoms with Crippen LogP contribution in [0, 0.1) is 6.92 Å². The standard InChI is InChI=1S/C23H40N4O2/c1-5-19(4)29-22-16-18(3)8-9-20(22)17-26-23(24-6-2)25-12-7-13-27-14-10-21(28)11-15-27/h8-9,16,19,21,28H,5-7,10-15,17H2,1-4H3,(H2,24,25,26). The van der Waals surface area contributed by atoms with Crippen molar-refractivity contribution in [3.05, 3.63) is 29.3 Å². The first-order valence-corrected chi connectivity index (χ1v) is 11.2. The van der Waals surface area contributed by atoms with Gasteiger partial charge >= 0.3 is 0 Å². The van der Waals surface area contributed by atoms with Gasteiger partial charge in [0.25, 0.3) is 0 Å². The number of aliphatic hydroxyl groups is 1. The van der Waals surface area contributed by atoms with Crippen LogP contribution in [0.1, 0.15) is 57.6 Å². The van der Waals surface area contributed by atoms with E-state index in [-0.39, 0.29) is 12.2 Å². The molecule has 6 heteroatoms. The molecule has 1 fully saturated rings. The number of benzene rings is 1. The third kappa shape index (κ3) is 8.62. The fourth-order valence-electron chi connectivity index (χ4n) is 3.36. The average Bonchev–Trinajstić information content (AvgIpc) is 2.71. The predicted molar refractivity (Wildman–Crippen MR) is 121 cm³/mol. The number of guanidine groups is 1. The van der Waals surface area contributed by atoms with Crippen LogP contribution < -0.4 is 15.4 Å². The summed E-state index contributed by atoms with van der Waals surface area (Å²) in [6.07, 6.45) is 3.93. The zero-order valence-electron chi connectivity index (χ0n) is 18.7. The van der Waals surface area contributed by atoms with Gasteiger partial charge in [0.1, 0.15) is 5.75 Å². The van der Waals surface area contributed by atoms with Crippen LogP contribution in [0.25, 0.3) is 0 Å². The van der Waals surface area contributed by atoms with Gasteiger partial charge in [-0.15, -0.1) is 0 Å². The zero-order chi connectivity index (χ0) is 21.1. The topological polar surface area (TPSA) is 69.1 Å². The molecule has 0 aliphatic carbocycles. The van der Waals surface area contributed by atoms with Crippen molar-refractivity contribution in [2.75, 3.05) is 32.7 Å². The van der Waals surface area contributed by atoms with E-state index in [0.717, 1.165) is 75.7 Å². The van der Waals surface area contributed by atoms with Crippen molar-refractivity contribution >= 4 is 5.96 Å². The maximum absolute atomic E-state index is 9.61. The van der Waals surface area contributed by atoms with Gasteiger partial charge in [-0.3, -0.25) is 0 Å². The van der Waals surface area contributed by atoms with Crippen molar-refractivity contribution in [1.82, 2.24) is 15.5 Å². The van der Waals surface area contributed by atoms with Gasteiger partial charge in [0.15, 0.2) is 5.96 Å². The Kier molecular flexibility index (Phi) is 10.3. The van der Waals surface area contributed by atoms with Gasteiger partial charge in [0.05, 0.1) is 18.8 Å². The lowest BCUT2D eigenvalue weighted by atomic mass is 10.1. The highest BCUT2D eigenvalue weighted by atomic mass is 16.5. The fourth-order valence-corrected chi connectivity index (χ4v) is 3.36. The van der Waals surface area contributed by atoms with E-state index in [1.807, 2.05) is 0 Å². The van der Waals surface area contributed by atoms with Crippen molar-refractivity contribution in [2.45, 2.75) is 72.1 Å². The highest BCUT2D eigenvalue weighted by molar-refractivity contribution is 5.79. The molecule has 0 bridgehead atoms. The van der Waals surface area contributed by atoms with Gasteiger partial charge in [-0.05, 0) is 64.6 Å². The number of rotatable bonds is 10. The summed E-state index contributed by atoms with van der Waals surface area (Å²) in [6, 6.07) is 6.34. The molecule has 29 heavy (non-hydrogen) atoms. The Morgan fingerprint density at radius 3 is 2.72 bits per heavy atom. The summed E-state index contributed by atoms with van der Waals surface area (Å²) in [7, 11) is 0. The average molecular weight is 405 g/mol. The van der Waals surface area contributed by atoms with Gasteiger partial charge in [-0.2, -0.15) is 0 Å². The summed E-state index contributed by atoms with van der Waals surface area (Å²) in [6.45, 7) is 13.8. The van der Waals surface area contributed by atoms with E-state index in [2.05, 4.69) is 61.4 Å². The van der Waals surface area contributed by atoms with Crippen molar-refractivity contribution in [2.24, 2.45) is 4.99 Å². The highest BCUT2D eigenvalue weighted by Gasteiger charge is 2.16. The largest absolute Gasteiger partial charge is 0.490 e. The molecule has 164 valence electrons. The van der Waals surface area contributed by atoms with Crippen molar-refractivity contribution in [1.29, 1.82) is 0 Å². The molecule has 1 saturated heterocycles. The lowest BCUT2D eigenvalue weighted by molar-refractivity contribution is 0.0823. The van der Waals surface area contributed by atoms with Crippen LogP contribution in [-0.2, 0) is 6.54 Å². The summed E-state index contributed by atoms with van der Waals surface area (Å²) in [4.78, 5) is 7.20. The van der Waals surface area contributed by atoms with Crippen LogP contribution >= 0.6 is 0 Å². The van der Waals surface area contributed by atoms with E-state index < -0.39 is 0 Å². The summed E-state index contributed by atoms with van der Waals surface area (Å²) in [5, 5.41) is 16.4. The number of ether oxygens (including phenoxy) is 1. The highest BCUT2D eigenvalue weighted by Crippen LogP contribution is 2.23. The predicted octanol–water partition coefficient (Wildman–Crippen LogP) is 3.07. The number of hydrogen-bond acceptors (Lipinski definition) is 4. The summed E-state index contributed by atoms with van der Waals surface area (Å²) in [5.41, 5.74) is 2.31. The molecule has 0 radical (unpaired) electrons. The molecule has 1 aliphatic heterocycles. The molecule has 1 unspecified atom stereocenters. The molecule has 0 saturated carbocycles. The first kappa shape index (κ1) is 23.5. The van der Waals surface area contributed by atoms with E-state index in [9.17, 15) is 5.11 Å². The Balaban J connectivity index is 1.86. The number of likely N-dealkylation sites (tertiary alicyclic amines) is 1. The molecule has 1 heterocycles. The first-order chi connectivity index (χ1) is 14.0. The molecule has 1 aromatic rings.